The van der Waals surface area contributed by atoms with Crippen LogP contribution in [-0.2, 0) is 0 Å². The molecule has 1 nitrogen and oxygen atoms in total. The van der Waals surface area contributed by atoms with Gasteiger partial charge >= 0.3 is 4.83 Å². The molecule has 0 saturated carbocycles. The first kappa shape index (κ1) is 11.1. The molecule has 1 rings (SSSR count). The number of benzene rings is 1. The Bertz CT molecular complexity index is 298. The van der Waals surface area contributed by atoms with Crippen LogP contribution in [-0.4, -0.2) is 9.94 Å². The van der Waals surface area contributed by atoms with Crippen molar-refractivity contribution in [2.75, 3.05) is 0 Å². The third-order valence-electron chi connectivity index (χ3n) is 1.47. The molecule has 0 aliphatic heterocycles. The topological polar surface area (TPSA) is 20.2 Å². The highest BCUT2D eigenvalue weighted by molar-refractivity contribution is 9.10. The zero-order valence-corrected chi connectivity index (χ0v) is 9.52. The molecule has 0 saturated heterocycles. The quantitative estimate of drug-likeness (QED) is 0.829. The number of alkyl halides is 3. The van der Waals surface area contributed by atoms with E-state index in [9.17, 15) is 8.78 Å². The van der Waals surface area contributed by atoms with Crippen molar-refractivity contribution in [2.24, 2.45) is 0 Å². The fourth-order valence-electron chi connectivity index (χ4n) is 0.866. The van der Waals surface area contributed by atoms with E-state index in [2.05, 4.69) is 31.9 Å². The molecule has 72 valence electrons. The number of aliphatic hydroxyl groups excluding tert-OH is 1. The summed E-state index contributed by atoms with van der Waals surface area (Å²) in [5.74, 6) is 0. The van der Waals surface area contributed by atoms with E-state index in [-0.39, 0.29) is 5.56 Å². The zero-order chi connectivity index (χ0) is 10.1. The van der Waals surface area contributed by atoms with Crippen LogP contribution in [0, 0.1) is 0 Å². The van der Waals surface area contributed by atoms with Crippen LogP contribution in [0.5, 0.6) is 0 Å². The summed E-state index contributed by atoms with van der Waals surface area (Å²) in [7, 11) is 0. The number of halogens is 4. The molecule has 1 atom stereocenters. The van der Waals surface area contributed by atoms with Gasteiger partial charge in [-0.1, -0.05) is 28.1 Å². The normalized spacial score (nSPS) is 14.2. The summed E-state index contributed by atoms with van der Waals surface area (Å²) in [5.41, 5.74) is 0.163. The molecule has 1 aromatic carbocycles. The van der Waals surface area contributed by atoms with E-state index in [0.717, 1.165) is 0 Å². The molecule has 0 aliphatic carbocycles. The molecule has 0 heterocycles. The summed E-state index contributed by atoms with van der Waals surface area (Å²) < 4.78 is 25.8. The predicted octanol–water partition coefficient (Wildman–Crippen LogP) is 3.47. The van der Waals surface area contributed by atoms with Gasteiger partial charge in [0.15, 0.2) is 6.10 Å². The molecular weight excluding hydrogens is 310 g/mol. The highest BCUT2D eigenvalue weighted by Gasteiger charge is 2.35. The van der Waals surface area contributed by atoms with Gasteiger partial charge in [0.1, 0.15) is 0 Å². The van der Waals surface area contributed by atoms with E-state index >= 15 is 0 Å². The second-order valence-electron chi connectivity index (χ2n) is 2.50. The van der Waals surface area contributed by atoms with Crippen molar-refractivity contribution in [3.8, 4) is 0 Å². The molecule has 0 radical (unpaired) electrons. The maximum absolute atomic E-state index is 12.6. The number of aliphatic hydroxyl groups is 1. The minimum absolute atomic E-state index is 0.163. The SMILES string of the molecule is OC(c1cccc(Br)c1)C(F)(F)Br. The van der Waals surface area contributed by atoms with Gasteiger partial charge in [0, 0.05) is 4.47 Å². The molecule has 13 heavy (non-hydrogen) atoms. The van der Waals surface area contributed by atoms with Crippen LogP contribution >= 0.6 is 31.9 Å². The monoisotopic (exact) mass is 314 g/mol. The Morgan fingerprint density at radius 2 is 2.00 bits per heavy atom. The third kappa shape index (κ3) is 3.00. The summed E-state index contributed by atoms with van der Waals surface area (Å²) in [6.07, 6.45) is -1.83. The average molecular weight is 316 g/mol. The summed E-state index contributed by atoms with van der Waals surface area (Å²) in [6.45, 7) is 0. The van der Waals surface area contributed by atoms with Crippen LogP contribution in [0.1, 0.15) is 11.7 Å². The summed E-state index contributed by atoms with van der Waals surface area (Å²) in [6, 6.07) is 6.16. The first-order chi connectivity index (χ1) is 5.91. The van der Waals surface area contributed by atoms with E-state index in [1.165, 1.54) is 12.1 Å². The fourth-order valence-corrected chi connectivity index (χ4v) is 1.55. The first-order valence-corrected chi connectivity index (χ1v) is 5.00. The van der Waals surface area contributed by atoms with Gasteiger partial charge in [-0.3, -0.25) is 0 Å². The molecular formula is C8H6Br2F2O. The highest BCUT2D eigenvalue weighted by atomic mass is 79.9. The first-order valence-electron chi connectivity index (χ1n) is 3.41. The van der Waals surface area contributed by atoms with Crippen molar-refractivity contribution in [3.63, 3.8) is 0 Å². The lowest BCUT2D eigenvalue weighted by molar-refractivity contribution is -0.0294. The van der Waals surface area contributed by atoms with Crippen molar-refractivity contribution in [3.05, 3.63) is 34.3 Å². The zero-order valence-electron chi connectivity index (χ0n) is 6.35. The van der Waals surface area contributed by atoms with Crippen LogP contribution in [0.3, 0.4) is 0 Å². The second kappa shape index (κ2) is 4.02. The van der Waals surface area contributed by atoms with Gasteiger partial charge in [-0.05, 0) is 33.6 Å². The smallest absolute Gasteiger partial charge is 0.330 e. The van der Waals surface area contributed by atoms with Crippen molar-refractivity contribution >= 4 is 31.9 Å². The lowest BCUT2D eigenvalue weighted by atomic mass is 10.1. The van der Waals surface area contributed by atoms with Crippen LogP contribution in [0.15, 0.2) is 28.7 Å². The van der Waals surface area contributed by atoms with Gasteiger partial charge in [0.2, 0.25) is 0 Å². The molecule has 1 N–H and O–H groups in total. The van der Waals surface area contributed by atoms with E-state index < -0.39 is 10.9 Å². The summed E-state index contributed by atoms with van der Waals surface area (Å²) in [4.78, 5) is -3.30. The number of hydrogen-bond donors (Lipinski definition) is 1. The lowest BCUT2D eigenvalue weighted by Crippen LogP contribution is -2.18. The summed E-state index contributed by atoms with van der Waals surface area (Å²) in [5, 5.41) is 9.16. The summed E-state index contributed by atoms with van der Waals surface area (Å²) >= 11 is 5.23. The van der Waals surface area contributed by atoms with Crippen molar-refractivity contribution in [2.45, 2.75) is 10.9 Å². The molecule has 0 aromatic heterocycles. The lowest BCUT2D eigenvalue weighted by Gasteiger charge is -2.16. The van der Waals surface area contributed by atoms with E-state index in [4.69, 9.17) is 5.11 Å². The van der Waals surface area contributed by atoms with Crippen LogP contribution in [0.25, 0.3) is 0 Å². The number of hydrogen-bond acceptors (Lipinski definition) is 1. The molecule has 0 spiro atoms. The van der Waals surface area contributed by atoms with Crippen LogP contribution in [0.2, 0.25) is 0 Å². The van der Waals surface area contributed by atoms with Gasteiger partial charge in [-0.2, -0.15) is 8.78 Å². The Labute approximate surface area is 91.0 Å². The van der Waals surface area contributed by atoms with Gasteiger partial charge in [0.25, 0.3) is 0 Å². The molecule has 0 aliphatic rings. The van der Waals surface area contributed by atoms with E-state index in [0.29, 0.717) is 4.47 Å². The molecule has 5 heteroatoms. The second-order valence-corrected chi connectivity index (χ2v) is 4.47. The van der Waals surface area contributed by atoms with Gasteiger partial charge < -0.3 is 5.11 Å². The molecule has 1 unspecified atom stereocenters. The van der Waals surface area contributed by atoms with Gasteiger partial charge in [0.05, 0.1) is 0 Å². The van der Waals surface area contributed by atoms with Crippen LogP contribution < -0.4 is 0 Å². The van der Waals surface area contributed by atoms with Gasteiger partial charge in [-0.25, -0.2) is 0 Å². The standard InChI is InChI=1S/C8H6Br2F2O/c9-6-3-1-2-5(4-6)7(13)8(10,11)12/h1-4,7,13H. The molecule has 1 aromatic rings. The van der Waals surface area contributed by atoms with E-state index in [1.54, 1.807) is 12.1 Å². The minimum Gasteiger partial charge on any atom is -0.381 e. The minimum atomic E-state index is -3.30. The van der Waals surface area contributed by atoms with Crippen molar-refractivity contribution in [1.82, 2.24) is 0 Å². The molecule has 0 fully saturated rings. The van der Waals surface area contributed by atoms with Crippen molar-refractivity contribution < 1.29 is 13.9 Å². The third-order valence-corrected chi connectivity index (χ3v) is 2.40. The average Bonchev–Trinajstić information content (AvgIpc) is 2.01. The number of rotatable bonds is 2. The Hall–Kier alpha value is -0.000000000000000111. The fraction of sp³-hybridized carbons (Fsp3) is 0.250. The largest absolute Gasteiger partial charge is 0.381 e. The maximum atomic E-state index is 12.6. The predicted molar refractivity (Wildman–Crippen MR) is 53.0 cm³/mol. The molecule has 0 amide bonds. The maximum Gasteiger partial charge on any atom is 0.330 e. The van der Waals surface area contributed by atoms with E-state index in [1.807, 2.05) is 0 Å². The Kier molecular flexibility index (Phi) is 3.43. The molecule has 0 bridgehead atoms. The Balaban J connectivity index is 2.96. The van der Waals surface area contributed by atoms with Gasteiger partial charge in [-0.15, -0.1) is 0 Å². The Morgan fingerprint density at radius 3 is 2.46 bits per heavy atom. The van der Waals surface area contributed by atoms with Crippen LogP contribution in [0.4, 0.5) is 8.78 Å². The van der Waals surface area contributed by atoms with Crippen molar-refractivity contribution in [1.29, 1.82) is 0 Å². The highest BCUT2D eigenvalue weighted by Crippen LogP contribution is 2.36. The Morgan fingerprint density at radius 1 is 1.38 bits per heavy atom.